The van der Waals surface area contributed by atoms with Crippen LogP contribution in [0.15, 0.2) is 59.5 Å². The quantitative estimate of drug-likeness (QED) is 0.836. The van der Waals surface area contributed by atoms with Crippen LogP contribution in [0.1, 0.15) is 5.56 Å². The molecule has 1 amide bonds. The van der Waals surface area contributed by atoms with Crippen LogP contribution in [0.5, 0.6) is 0 Å². The van der Waals surface area contributed by atoms with E-state index in [1.165, 1.54) is 48.6 Å². The summed E-state index contributed by atoms with van der Waals surface area (Å²) in [5.41, 5.74) is 0.863. The first-order chi connectivity index (χ1) is 11.3. The van der Waals surface area contributed by atoms with E-state index in [1.807, 2.05) is 0 Å². The second-order valence-corrected chi connectivity index (χ2v) is 6.62. The molecule has 0 aliphatic heterocycles. The molecule has 126 valence electrons. The molecule has 0 aromatic heterocycles. The van der Waals surface area contributed by atoms with Crippen LogP contribution >= 0.6 is 0 Å². The van der Waals surface area contributed by atoms with Gasteiger partial charge < -0.3 is 5.32 Å². The molecule has 0 saturated heterocycles. The lowest BCUT2D eigenvalue weighted by atomic mass is 10.2. The maximum atomic E-state index is 12.7. The lowest BCUT2D eigenvalue weighted by Gasteiger charge is -2.05. The summed E-state index contributed by atoms with van der Waals surface area (Å²) in [6.07, 6.45) is 2.67. The number of alkyl halides is 2. The Hall–Kier alpha value is -2.61. The summed E-state index contributed by atoms with van der Waals surface area (Å²) >= 11 is 0. The van der Waals surface area contributed by atoms with Crippen LogP contribution in [-0.4, -0.2) is 20.1 Å². The molecule has 8 heteroatoms. The summed E-state index contributed by atoms with van der Waals surface area (Å²) in [4.78, 5) is 11.2. The monoisotopic (exact) mass is 355 g/mol. The van der Waals surface area contributed by atoms with Crippen LogP contribution in [0.2, 0.25) is 0 Å². The summed E-state index contributed by atoms with van der Waals surface area (Å²) in [5, 5.41) is 2.45. The number of anilines is 1. The highest BCUT2D eigenvalue weighted by Gasteiger charge is 2.26. The van der Waals surface area contributed by atoms with E-state index in [0.29, 0.717) is 5.56 Å². The van der Waals surface area contributed by atoms with Gasteiger partial charge in [0.2, 0.25) is 15.7 Å². The Labute approximate surface area is 136 Å². The van der Waals surface area contributed by atoms with E-state index >= 15 is 0 Å². The number of amides is 1. The van der Waals surface area contributed by atoms with Gasteiger partial charge in [-0.3, -0.25) is 4.79 Å². The molecule has 0 spiro atoms. The molecule has 1 N–H and O–H groups in total. The first-order valence-corrected chi connectivity index (χ1v) is 8.20. The predicted octanol–water partition coefficient (Wildman–Crippen LogP) is 3.47. The third-order valence-corrected chi connectivity index (χ3v) is 4.38. The Morgan fingerprint density at radius 3 is 2.12 bits per heavy atom. The lowest BCUT2D eigenvalue weighted by molar-refractivity contribution is -0.111. The zero-order chi connectivity index (χ0) is 17.7. The van der Waals surface area contributed by atoms with Crippen LogP contribution in [0.25, 0.3) is 6.08 Å². The van der Waals surface area contributed by atoms with Crippen molar-refractivity contribution in [2.45, 2.75) is 10.7 Å². The highest BCUT2D eigenvalue weighted by molar-refractivity contribution is 7.91. The van der Waals surface area contributed by atoms with Crippen LogP contribution in [0, 0.1) is 5.82 Å². The van der Waals surface area contributed by atoms with Gasteiger partial charge in [-0.05, 0) is 48.0 Å². The van der Waals surface area contributed by atoms with E-state index in [2.05, 4.69) is 5.32 Å². The number of carbonyl (C=O) groups excluding carboxylic acids is 1. The Balaban J connectivity index is 2.03. The van der Waals surface area contributed by atoms with Crippen molar-refractivity contribution in [1.29, 1.82) is 0 Å². The maximum absolute atomic E-state index is 12.7. The van der Waals surface area contributed by atoms with E-state index in [1.54, 1.807) is 0 Å². The molecule has 2 aromatic rings. The highest BCUT2D eigenvalue weighted by Crippen LogP contribution is 2.20. The van der Waals surface area contributed by atoms with Crippen molar-refractivity contribution in [2.75, 3.05) is 5.32 Å². The van der Waals surface area contributed by atoms with Crippen LogP contribution in [0.4, 0.5) is 18.9 Å². The maximum Gasteiger partial charge on any atom is 0.341 e. The van der Waals surface area contributed by atoms with Crippen LogP contribution in [-0.2, 0) is 14.6 Å². The standard InChI is InChI=1S/C16H12F3NO3S/c17-12-4-1-11(2-5-12)3-10-15(21)20-13-6-8-14(9-7-13)24(22,23)16(18)19/h1-10,16H,(H,20,21)/b10-3+. The molecule has 24 heavy (non-hydrogen) atoms. The zero-order valence-electron chi connectivity index (χ0n) is 12.1. The van der Waals surface area contributed by atoms with Gasteiger partial charge in [-0.1, -0.05) is 12.1 Å². The van der Waals surface area contributed by atoms with Gasteiger partial charge in [0.15, 0.2) is 0 Å². The number of benzene rings is 2. The topological polar surface area (TPSA) is 63.2 Å². The van der Waals surface area contributed by atoms with Crippen molar-refractivity contribution in [3.05, 3.63) is 66.0 Å². The Bertz CT molecular complexity index is 845. The molecule has 0 atom stereocenters. The van der Waals surface area contributed by atoms with E-state index < -0.39 is 32.2 Å². The van der Waals surface area contributed by atoms with Crippen molar-refractivity contribution in [3.8, 4) is 0 Å². The Morgan fingerprint density at radius 1 is 1.00 bits per heavy atom. The van der Waals surface area contributed by atoms with Gasteiger partial charge >= 0.3 is 5.76 Å². The zero-order valence-corrected chi connectivity index (χ0v) is 12.9. The second kappa shape index (κ2) is 7.31. The summed E-state index contributed by atoms with van der Waals surface area (Å²) in [6.45, 7) is 0. The van der Waals surface area contributed by atoms with E-state index in [0.717, 1.165) is 12.1 Å². The summed E-state index contributed by atoms with van der Waals surface area (Å²) in [6, 6.07) is 9.87. The average molecular weight is 355 g/mol. The fourth-order valence-electron chi connectivity index (χ4n) is 1.76. The van der Waals surface area contributed by atoms with Gasteiger partial charge in [0.05, 0.1) is 4.90 Å². The molecule has 0 bridgehead atoms. The summed E-state index contributed by atoms with van der Waals surface area (Å²) in [5.74, 6) is -4.41. The average Bonchev–Trinajstić information content (AvgIpc) is 2.54. The van der Waals surface area contributed by atoms with Gasteiger partial charge in [-0.25, -0.2) is 12.8 Å². The normalized spacial score (nSPS) is 11.8. The lowest BCUT2D eigenvalue weighted by Crippen LogP contribution is -2.12. The van der Waals surface area contributed by atoms with Crippen LogP contribution < -0.4 is 5.32 Å². The summed E-state index contributed by atoms with van der Waals surface area (Å²) < 4.78 is 60.1. The minimum atomic E-state index is -4.66. The first kappa shape index (κ1) is 17.7. The highest BCUT2D eigenvalue weighted by atomic mass is 32.2. The Morgan fingerprint density at radius 2 is 1.58 bits per heavy atom. The van der Waals surface area contributed by atoms with Crippen molar-refractivity contribution in [2.24, 2.45) is 0 Å². The fourth-order valence-corrected chi connectivity index (χ4v) is 2.48. The van der Waals surface area contributed by atoms with Gasteiger partial charge in [0.25, 0.3) is 0 Å². The predicted molar refractivity (Wildman–Crippen MR) is 83.7 cm³/mol. The van der Waals surface area contributed by atoms with Gasteiger partial charge in [-0.2, -0.15) is 8.78 Å². The van der Waals surface area contributed by atoms with Gasteiger partial charge in [0, 0.05) is 11.8 Å². The molecule has 0 aliphatic rings. The Kier molecular flexibility index (Phi) is 5.40. The van der Waals surface area contributed by atoms with Crippen molar-refractivity contribution in [1.82, 2.24) is 0 Å². The molecular formula is C16H12F3NO3S. The van der Waals surface area contributed by atoms with Gasteiger partial charge in [-0.15, -0.1) is 0 Å². The molecule has 0 radical (unpaired) electrons. The number of nitrogens with one attached hydrogen (secondary N) is 1. The molecule has 0 aliphatic carbocycles. The number of halogens is 3. The SMILES string of the molecule is O=C(/C=C/c1ccc(F)cc1)Nc1ccc(S(=O)(=O)C(F)F)cc1. The molecule has 4 nitrogen and oxygen atoms in total. The summed E-state index contributed by atoms with van der Waals surface area (Å²) in [7, 11) is -4.66. The largest absolute Gasteiger partial charge is 0.341 e. The van der Waals surface area contributed by atoms with Crippen LogP contribution in [0.3, 0.4) is 0 Å². The van der Waals surface area contributed by atoms with Crippen molar-refractivity contribution >= 4 is 27.5 Å². The van der Waals surface area contributed by atoms with Crippen molar-refractivity contribution in [3.63, 3.8) is 0 Å². The third kappa shape index (κ3) is 4.45. The molecular weight excluding hydrogens is 343 g/mol. The smallest absolute Gasteiger partial charge is 0.323 e. The molecule has 0 fully saturated rings. The molecule has 2 rings (SSSR count). The number of hydrogen-bond acceptors (Lipinski definition) is 3. The number of sulfone groups is 1. The molecule has 0 unspecified atom stereocenters. The minimum Gasteiger partial charge on any atom is -0.323 e. The third-order valence-electron chi connectivity index (χ3n) is 2.98. The fraction of sp³-hybridized carbons (Fsp3) is 0.0625. The van der Waals surface area contributed by atoms with E-state index in [9.17, 15) is 26.4 Å². The first-order valence-electron chi connectivity index (χ1n) is 6.66. The minimum absolute atomic E-state index is 0.247. The number of hydrogen-bond donors (Lipinski definition) is 1. The number of carbonyl (C=O) groups is 1. The van der Waals surface area contributed by atoms with Crippen molar-refractivity contribution < 1.29 is 26.4 Å². The van der Waals surface area contributed by atoms with E-state index in [4.69, 9.17) is 0 Å². The second-order valence-electron chi connectivity index (χ2n) is 4.70. The molecule has 0 heterocycles. The molecule has 0 saturated carbocycles. The van der Waals surface area contributed by atoms with Gasteiger partial charge in [0.1, 0.15) is 5.82 Å². The van der Waals surface area contributed by atoms with E-state index in [-0.39, 0.29) is 5.69 Å². The molecule has 2 aromatic carbocycles. The number of rotatable bonds is 5.